The van der Waals surface area contributed by atoms with E-state index in [4.69, 9.17) is 5.84 Å². The van der Waals surface area contributed by atoms with Crippen LogP contribution in [0.4, 0.5) is 0 Å². The number of nitrogens with zero attached hydrogens (tertiary/aromatic N) is 2. The number of aromatic amines is 1. The average molecular weight is 307 g/mol. The van der Waals surface area contributed by atoms with E-state index in [2.05, 4.69) is 15.5 Å². The van der Waals surface area contributed by atoms with Gasteiger partial charge in [0, 0.05) is 7.05 Å². The first-order valence-electron chi connectivity index (χ1n) is 5.92. The van der Waals surface area contributed by atoms with Crippen molar-refractivity contribution in [3.8, 4) is 0 Å². The predicted octanol–water partition coefficient (Wildman–Crippen LogP) is -0.708. The van der Waals surface area contributed by atoms with Gasteiger partial charge in [-0.3, -0.25) is 29.6 Å². The van der Waals surface area contributed by atoms with Crippen molar-refractivity contribution in [1.29, 1.82) is 0 Å². The van der Waals surface area contributed by atoms with Crippen LogP contribution in [0.15, 0.2) is 45.1 Å². The number of nitrogens with two attached hydrogens (primary N) is 1. The fraction of sp³-hybridized carbons (Fsp3) is 0.167. The molecule has 0 aliphatic heterocycles. The highest BCUT2D eigenvalue weighted by Gasteiger charge is 2.23. The molecule has 21 heavy (non-hydrogen) atoms. The number of hydrogen-bond acceptors (Lipinski definition) is 6. The van der Waals surface area contributed by atoms with Crippen LogP contribution in [0, 0.1) is 0 Å². The van der Waals surface area contributed by atoms with Crippen molar-refractivity contribution in [2.45, 2.75) is 10.4 Å². The monoisotopic (exact) mass is 307 g/mol. The van der Waals surface area contributed by atoms with Crippen molar-refractivity contribution in [2.75, 3.05) is 0 Å². The van der Waals surface area contributed by atoms with Crippen LogP contribution in [0.25, 0.3) is 0 Å². The van der Waals surface area contributed by atoms with Crippen LogP contribution in [0.5, 0.6) is 0 Å². The number of rotatable bonds is 4. The van der Waals surface area contributed by atoms with Gasteiger partial charge < -0.3 is 0 Å². The van der Waals surface area contributed by atoms with Crippen LogP contribution < -0.4 is 22.4 Å². The third-order valence-electron chi connectivity index (χ3n) is 2.65. The van der Waals surface area contributed by atoms with E-state index in [0.29, 0.717) is 5.56 Å². The molecule has 4 N–H and O–H groups in total. The molecule has 1 heterocycles. The summed E-state index contributed by atoms with van der Waals surface area (Å²) in [5.41, 5.74) is 1.06. The molecule has 0 saturated carbocycles. The maximum absolute atomic E-state index is 11.9. The number of benzene rings is 1. The Labute approximate surface area is 123 Å². The topological polar surface area (TPSA) is 123 Å². The highest BCUT2D eigenvalue weighted by Crippen LogP contribution is 2.33. The fourth-order valence-electron chi connectivity index (χ4n) is 1.65. The molecular weight excluding hydrogens is 294 g/mol. The lowest BCUT2D eigenvalue weighted by atomic mass is 10.1. The molecule has 1 atom stereocenters. The van der Waals surface area contributed by atoms with Crippen LogP contribution in [0.1, 0.15) is 10.8 Å². The second-order valence-corrected chi connectivity index (χ2v) is 5.19. The van der Waals surface area contributed by atoms with E-state index in [0.717, 1.165) is 11.8 Å². The Hall–Kier alpha value is -2.39. The molecular formula is C12H13N5O3S. The van der Waals surface area contributed by atoms with Crippen molar-refractivity contribution in [3.05, 3.63) is 56.6 Å². The van der Waals surface area contributed by atoms with Gasteiger partial charge in [-0.15, -0.1) is 0 Å². The zero-order valence-electron chi connectivity index (χ0n) is 11.1. The van der Waals surface area contributed by atoms with Gasteiger partial charge in [-0.1, -0.05) is 42.1 Å². The molecule has 1 unspecified atom stereocenters. The zero-order valence-corrected chi connectivity index (χ0v) is 11.9. The summed E-state index contributed by atoms with van der Waals surface area (Å²) in [6.45, 7) is 0. The molecule has 0 aliphatic rings. The summed E-state index contributed by atoms with van der Waals surface area (Å²) in [7, 11) is 1.53. The quantitative estimate of drug-likeness (QED) is 0.225. The summed E-state index contributed by atoms with van der Waals surface area (Å²) >= 11 is 1.01. The van der Waals surface area contributed by atoms with Gasteiger partial charge in [-0.25, -0.2) is 5.84 Å². The summed E-state index contributed by atoms with van der Waals surface area (Å²) < 4.78 is 1.29. The molecule has 1 aromatic heterocycles. The predicted molar refractivity (Wildman–Crippen MR) is 77.5 cm³/mol. The third kappa shape index (κ3) is 3.38. The Kier molecular flexibility index (Phi) is 4.55. The number of carbonyl (C=O) groups excluding carboxylic acids is 1. The van der Waals surface area contributed by atoms with Crippen LogP contribution >= 0.6 is 11.8 Å². The standard InChI is InChI=1S/C12H13N5O3S/c1-17-12(14-10(19)11(20)16-17)21-8(9(18)15-13)7-5-3-2-4-6-7/h2-6,8H,13H2,1H3,(H,15,18)(H,16,20). The molecule has 1 aromatic carbocycles. The van der Waals surface area contributed by atoms with Crippen LogP contribution in [0.2, 0.25) is 0 Å². The van der Waals surface area contributed by atoms with Gasteiger partial charge in [0.05, 0.1) is 0 Å². The Balaban J connectivity index is 2.41. The van der Waals surface area contributed by atoms with Gasteiger partial charge in [-0.05, 0) is 5.56 Å². The minimum Gasteiger partial charge on any atom is -0.293 e. The second kappa shape index (κ2) is 6.37. The summed E-state index contributed by atoms with van der Waals surface area (Å²) in [5, 5.41) is 1.83. The molecule has 1 amide bonds. The normalized spacial score (nSPS) is 11.9. The summed E-state index contributed by atoms with van der Waals surface area (Å²) in [6, 6.07) is 8.91. The number of nitrogens with one attached hydrogen (secondary N) is 2. The Morgan fingerprint density at radius 1 is 1.38 bits per heavy atom. The number of carbonyl (C=O) groups is 1. The summed E-state index contributed by atoms with van der Waals surface area (Å²) in [4.78, 5) is 38.1. The van der Waals surface area contributed by atoms with Crippen LogP contribution in [-0.4, -0.2) is 20.7 Å². The minimum absolute atomic E-state index is 0.206. The number of hydrazine groups is 1. The van der Waals surface area contributed by atoms with Crippen molar-refractivity contribution in [3.63, 3.8) is 0 Å². The van der Waals surface area contributed by atoms with Gasteiger partial charge in [0.2, 0.25) is 0 Å². The second-order valence-electron chi connectivity index (χ2n) is 4.12. The first-order chi connectivity index (χ1) is 10.0. The van der Waals surface area contributed by atoms with E-state index in [1.54, 1.807) is 24.3 Å². The van der Waals surface area contributed by atoms with Gasteiger partial charge in [-0.2, -0.15) is 4.98 Å². The number of aryl methyl sites for hydroxylation is 1. The minimum atomic E-state index is -0.907. The van der Waals surface area contributed by atoms with Crippen LogP contribution in [0.3, 0.4) is 0 Å². The Morgan fingerprint density at radius 3 is 2.67 bits per heavy atom. The van der Waals surface area contributed by atoms with Gasteiger partial charge in [0.25, 0.3) is 5.91 Å². The molecule has 0 fully saturated rings. The van der Waals surface area contributed by atoms with Gasteiger partial charge in [0.15, 0.2) is 5.16 Å². The van der Waals surface area contributed by atoms with Crippen LogP contribution in [-0.2, 0) is 11.8 Å². The van der Waals surface area contributed by atoms with Gasteiger partial charge >= 0.3 is 11.1 Å². The van der Waals surface area contributed by atoms with Crippen molar-refractivity contribution < 1.29 is 4.79 Å². The molecule has 0 saturated heterocycles. The van der Waals surface area contributed by atoms with E-state index in [9.17, 15) is 14.4 Å². The lowest BCUT2D eigenvalue weighted by Crippen LogP contribution is -2.36. The summed E-state index contributed by atoms with van der Waals surface area (Å²) in [6.07, 6.45) is 0. The highest BCUT2D eigenvalue weighted by molar-refractivity contribution is 8.00. The van der Waals surface area contributed by atoms with Crippen molar-refractivity contribution >= 4 is 17.7 Å². The molecule has 2 rings (SSSR count). The van der Waals surface area contributed by atoms with E-state index >= 15 is 0 Å². The highest BCUT2D eigenvalue weighted by atomic mass is 32.2. The lowest BCUT2D eigenvalue weighted by Gasteiger charge is -2.15. The molecule has 2 aromatic rings. The van der Waals surface area contributed by atoms with Crippen molar-refractivity contribution in [2.24, 2.45) is 12.9 Å². The number of amides is 1. The first kappa shape index (κ1) is 15.0. The molecule has 0 spiro atoms. The largest absolute Gasteiger partial charge is 0.339 e. The number of hydrogen-bond donors (Lipinski definition) is 3. The average Bonchev–Trinajstić information content (AvgIpc) is 2.49. The number of thioether (sulfide) groups is 1. The Bertz CT molecular complexity index is 755. The maximum atomic E-state index is 11.9. The zero-order chi connectivity index (χ0) is 15.4. The van der Waals surface area contributed by atoms with E-state index in [-0.39, 0.29) is 5.16 Å². The first-order valence-corrected chi connectivity index (χ1v) is 6.80. The molecule has 0 aliphatic carbocycles. The lowest BCUT2D eigenvalue weighted by molar-refractivity contribution is -0.120. The third-order valence-corrected chi connectivity index (χ3v) is 3.95. The van der Waals surface area contributed by atoms with E-state index in [1.165, 1.54) is 11.7 Å². The molecule has 110 valence electrons. The van der Waals surface area contributed by atoms with E-state index in [1.807, 2.05) is 6.07 Å². The summed E-state index contributed by atoms with van der Waals surface area (Å²) in [5.74, 6) is 4.76. The molecule has 0 bridgehead atoms. The number of H-pyrrole nitrogens is 1. The molecule has 8 nitrogen and oxygen atoms in total. The fourth-order valence-corrected chi connectivity index (χ4v) is 2.67. The smallest absolute Gasteiger partial charge is 0.293 e. The number of aromatic nitrogens is 3. The Morgan fingerprint density at radius 2 is 2.05 bits per heavy atom. The maximum Gasteiger partial charge on any atom is 0.339 e. The molecule has 9 heteroatoms. The van der Waals surface area contributed by atoms with Gasteiger partial charge in [0.1, 0.15) is 5.25 Å². The molecule has 0 radical (unpaired) electrons. The van der Waals surface area contributed by atoms with E-state index < -0.39 is 22.3 Å². The van der Waals surface area contributed by atoms with Crippen molar-refractivity contribution in [1.82, 2.24) is 20.2 Å². The SMILES string of the molecule is Cn1[nH]c(=O)c(=O)nc1SC(C(=O)NN)c1ccccc1.